The molecular weight excluding hydrogens is 395 g/mol. The lowest BCUT2D eigenvalue weighted by Gasteiger charge is -2.07. The first-order valence-electron chi connectivity index (χ1n) is 8.66. The lowest BCUT2D eigenvalue weighted by Crippen LogP contribution is -2.17. The molecule has 2 N–H and O–H groups in total. The number of hydrogen-bond acceptors (Lipinski definition) is 3. The molecule has 0 radical (unpaired) electrons. The molecule has 0 unspecified atom stereocenters. The summed E-state index contributed by atoms with van der Waals surface area (Å²) >= 11 is 5.87. The van der Waals surface area contributed by atoms with E-state index in [1.165, 1.54) is 24.3 Å². The second kappa shape index (κ2) is 7.77. The van der Waals surface area contributed by atoms with Gasteiger partial charge in [0.2, 0.25) is 5.76 Å². The molecule has 7 heteroatoms. The van der Waals surface area contributed by atoms with Crippen molar-refractivity contribution >= 4 is 45.8 Å². The van der Waals surface area contributed by atoms with Gasteiger partial charge in [-0.05, 0) is 60.7 Å². The van der Waals surface area contributed by atoms with Crippen LogP contribution in [0.1, 0.15) is 20.9 Å². The highest BCUT2D eigenvalue weighted by atomic mass is 35.5. The summed E-state index contributed by atoms with van der Waals surface area (Å²) in [6.07, 6.45) is 0. The van der Waals surface area contributed by atoms with Gasteiger partial charge in [-0.2, -0.15) is 0 Å². The van der Waals surface area contributed by atoms with Crippen LogP contribution in [0.5, 0.6) is 0 Å². The highest BCUT2D eigenvalue weighted by Crippen LogP contribution is 2.32. The zero-order valence-electron chi connectivity index (χ0n) is 14.9. The topological polar surface area (TPSA) is 71.3 Å². The first-order valence-corrected chi connectivity index (χ1v) is 9.04. The van der Waals surface area contributed by atoms with E-state index in [1.807, 2.05) is 0 Å². The number of halogens is 2. The monoisotopic (exact) mass is 408 g/mol. The van der Waals surface area contributed by atoms with E-state index >= 15 is 0 Å². The van der Waals surface area contributed by atoms with Crippen molar-refractivity contribution in [2.75, 3.05) is 10.6 Å². The van der Waals surface area contributed by atoms with E-state index in [4.69, 9.17) is 16.0 Å². The molecule has 0 aliphatic heterocycles. The van der Waals surface area contributed by atoms with E-state index in [0.29, 0.717) is 21.7 Å². The molecule has 0 saturated carbocycles. The second-order valence-electron chi connectivity index (χ2n) is 6.22. The first-order chi connectivity index (χ1) is 14.0. The number of furan rings is 1. The Morgan fingerprint density at radius 3 is 2.24 bits per heavy atom. The van der Waals surface area contributed by atoms with Crippen LogP contribution in [0.3, 0.4) is 0 Å². The molecular formula is C22H14ClFN2O3. The largest absolute Gasteiger partial charge is 0.449 e. The Hall–Kier alpha value is -3.64. The SMILES string of the molecule is O=C(Nc1c(C(=O)Nc2ccc(Cl)cc2)oc2ccccc12)c1ccc(F)cc1. The van der Waals surface area contributed by atoms with Crippen molar-refractivity contribution in [1.29, 1.82) is 0 Å². The summed E-state index contributed by atoms with van der Waals surface area (Å²) in [5.41, 5.74) is 1.46. The van der Waals surface area contributed by atoms with Crippen LogP contribution in [0.4, 0.5) is 15.8 Å². The molecule has 0 saturated heterocycles. The Balaban J connectivity index is 1.68. The quantitative estimate of drug-likeness (QED) is 0.453. The van der Waals surface area contributed by atoms with Crippen LogP contribution < -0.4 is 10.6 Å². The van der Waals surface area contributed by atoms with Gasteiger partial charge in [-0.25, -0.2) is 4.39 Å². The molecule has 1 heterocycles. The van der Waals surface area contributed by atoms with Crippen molar-refractivity contribution in [1.82, 2.24) is 0 Å². The number of nitrogens with one attached hydrogen (secondary N) is 2. The number of amides is 2. The van der Waals surface area contributed by atoms with Crippen molar-refractivity contribution in [3.63, 3.8) is 0 Å². The third kappa shape index (κ3) is 3.97. The highest BCUT2D eigenvalue weighted by molar-refractivity contribution is 6.30. The molecule has 0 spiro atoms. The molecule has 0 fully saturated rings. The van der Waals surface area contributed by atoms with Gasteiger partial charge in [-0.1, -0.05) is 23.7 Å². The van der Waals surface area contributed by atoms with Gasteiger partial charge < -0.3 is 15.1 Å². The third-order valence-corrected chi connectivity index (χ3v) is 4.50. The van der Waals surface area contributed by atoms with Crippen LogP contribution in [0.25, 0.3) is 11.0 Å². The van der Waals surface area contributed by atoms with E-state index in [9.17, 15) is 14.0 Å². The van der Waals surface area contributed by atoms with Crippen molar-refractivity contribution < 1.29 is 18.4 Å². The predicted molar refractivity (Wildman–Crippen MR) is 110 cm³/mol. The molecule has 5 nitrogen and oxygen atoms in total. The predicted octanol–water partition coefficient (Wildman–Crippen LogP) is 5.73. The third-order valence-electron chi connectivity index (χ3n) is 4.25. The van der Waals surface area contributed by atoms with Crippen LogP contribution in [-0.2, 0) is 0 Å². The summed E-state index contributed by atoms with van der Waals surface area (Å²) in [5, 5.41) is 6.54. The van der Waals surface area contributed by atoms with Crippen LogP contribution in [0.2, 0.25) is 5.02 Å². The maximum absolute atomic E-state index is 13.1. The maximum atomic E-state index is 13.1. The molecule has 0 aliphatic carbocycles. The minimum absolute atomic E-state index is 0.0448. The van der Waals surface area contributed by atoms with Crippen LogP contribution in [-0.4, -0.2) is 11.8 Å². The molecule has 29 heavy (non-hydrogen) atoms. The summed E-state index contributed by atoms with van der Waals surface area (Å²) in [7, 11) is 0. The lowest BCUT2D eigenvalue weighted by molar-refractivity contribution is 0.0999. The maximum Gasteiger partial charge on any atom is 0.293 e. The molecule has 2 amide bonds. The minimum atomic E-state index is -0.530. The fourth-order valence-corrected chi connectivity index (χ4v) is 2.96. The summed E-state index contributed by atoms with van der Waals surface area (Å²) < 4.78 is 18.8. The zero-order valence-corrected chi connectivity index (χ0v) is 15.7. The van der Waals surface area contributed by atoms with Crippen LogP contribution >= 0.6 is 11.6 Å². The zero-order chi connectivity index (χ0) is 20.4. The van der Waals surface area contributed by atoms with Gasteiger partial charge in [0.1, 0.15) is 17.1 Å². The number of carbonyl (C=O) groups is 2. The summed E-state index contributed by atoms with van der Waals surface area (Å²) in [6.45, 7) is 0. The highest BCUT2D eigenvalue weighted by Gasteiger charge is 2.23. The first kappa shape index (κ1) is 18.7. The van der Waals surface area contributed by atoms with Crippen LogP contribution in [0.15, 0.2) is 77.2 Å². The molecule has 0 bridgehead atoms. The fourth-order valence-electron chi connectivity index (χ4n) is 2.84. The number of fused-ring (bicyclic) bond motifs is 1. The molecule has 0 aliphatic rings. The van der Waals surface area contributed by atoms with E-state index in [-0.39, 0.29) is 17.0 Å². The normalized spacial score (nSPS) is 10.7. The van der Waals surface area contributed by atoms with Gasteiger partial charge in [0.25, 0.3) is 11.8 Å². The van der Waals surface area contributed by atoms with Crippen molar-refractivity contribution in [3.8, 4) is 0 Å². The van der Waals surface area contributed by atoms with E-state index in [2.05, 4.69) is 10.6 Å². The number of carbonyl (C=O) groups excluding carboxylic acids is 2. The van der Waals surface area contributed by atoms with Gasteiger partial charge in [-0.3, -0.25) is 9.59 Å². The van der Waals surface area contributed by atoms with E-state index < -0.39 is 17.6 Å². The molecule has 144 valence electrons. The van der Waals surface area contributed by atoms with Gasteiger partial charge in [-0.15, -0.1) is 0 Å². The van der Waals surface area contributed by atoms with Gasteiger partial charge in [0.05, 0.1) is 0 Å². The Morgan fingerprint density at radius 1 is 0.828 bits per heavy atom. The number of para-hydroxylation sites is 1. The Kier molecular flexibility index (Phi) is 5.01. The Labute approximate surface area is 170 Å². The molecule has 0 atom stereocenters. The number of benzene rings is 3. The van der Waals surface area contributed by atoms with Gasteiger partial charge in [0.15, 0.2) is 0 Å². The van der Waals surface area contributed by atoms with E-state index in [0.717, 1.165) is 0 Å². The Bertz CT molecular complexity index is 1200. The van der Waals surface area contributed by atoms with Crippen LogP contribution in [0, 0.1) is 5.82 Å². The minimum Gasteiger partial charge on any atom is -0.449 e. The number of anilines is 2. The molecule has 4 rings (SSSR count). The number of rotatable bonds is 4. The van der Waals surface area contributed by atoms with Crippen molar-refractivity contribution in [2.45, 2.75) is 0 Å². The van der Waals surface area contributed by atoms with Gasteiger partial charge >= 0.3 is 0 Å². The standard InChI is InChI=1S/C22H14ClFN2O3/c23-14-7-11-16(12-8-14)25-22(28)20-19(17-3-1-2-4-18(17)29-20)26-21(27)13-5-9-15(24)10-6-13/h1-12H,(H,25,28)(H,26,27). The lowest BCUT2D eigenvalue weighted by atomic mass is 10.1. The average Bonchev–Trinajstić information content (AvgIpc) is 3.09. The summed E-state index contributed by atoms with van der Waals surface area (Å²) in [5.74, 6) is -1.51. The second-order valence-corrected chi connectivity index (χ2v) is 6.66. The summed E-state index contributed by atoms with van der Waals surface area (Å²) in [4.78, 5) is 25.4. The van der Waals surface area contributed by atoms with Gasteiger partial charge in [0, 0.05) is 21.7 Å². The molecule has 1 aromatic heterocycles. The fraction of sp³-hybridized carbons (Fsp3) is 0. The van der Waals surface area contributed by atoms with Crippen molar-refractivity contribution in [2.24, 2.45) is 0 Å². The molecule has 4 aromatic rings. The number of hydrogen-bond donors (Lipinski definition) is 2. The Morgan fingerprint density at radius 2 is 1.52 bits per heavy atom. The average molecular weight is 409 g/mol. The van der Waals surface area contributed by atoms with Crippen molar-refractivity contribution in [3.05, 3.63) is 95.0 Å². The smallest absolute Gasteiger partial charge is 0.293 e. The molecule has 3 aromatic carbocycles. The summed E-state index contributed by atoms with van der Waals surface area (Å²) in [6, 6.07) is 18.7. The van der Waals surface area contributed by atoms with E-state index in [1.54, 1.807) is 48.5 Å².